The lowest BCUT2D eigenvalue weighted by atomic mass is 9.80. The van der Waals surface area contributed by atoms with Crippen molar-refractivity contribution in [3.63, 3.8) is 0 Å². The number of rotatable bonds is 3. The zero-order valence-electron chi connectivity index (χ0n) is 11.5. The second kappa shape index (κ2) is 6.60. The van der Waals surface area contributed by atoms with E-state index in [1.807, 2.05) is 13.8 Å². The third-order valence-electron chi connectivity index (χ3n) is 3.64. The van der Waals surface area contributed by atoms with Crippen molar-refractivity contribution in [3.8, 4) is 0 Å². The first-order valence-electron chi connectivity index (χ1n) is 6.36. The molecule has 3 N–H and O–H groups in total. The van der Waals surface area contributed by atoms with Crippen LogP contribution in [0.25, 0.3) is 0 Å². The molecule has 0 aromatic carbocycles. The van der Waals surface area contributed by atoms with Gasteiger partial charge in [-0.3, -0.25) is 4.79 Å². The van der Waals surface area contributed by atoms with Crippen molar-refractivity contribution in [2.24, 2.45) is 23.0 Å². The highest BCUT2D eigenvalue weighted by molar-refractivity contribution is 5.85. The molecule has 1 amide bonds. The van der Waals surface area contributed by atoms with E-state index in [1.54, 1.807) is 0 Å². The highest BCUT2D eigenvalue weighted by Gasteiger charge is 2.30. The number of nitrogens with one attached hydrogen (secondary N) is 1. The van der Waals surface area contributed by atoms with Gasteiger partial charge in [0.25, 0.3) is 0 Å². The van der Waals surface area contributed by atoms with Crippen molar-refractivity contribution in [3.05, 3.63) is 0 Å². The summed E-state index contributed by atoms with van der Waals surface area (Å²) in [5, 5.41) is 3.15. The minimum absolute atomic E-state index is 0. The Morgan fingerprint density at radius 1 is 1.24 bits per heavy atom. The number of carbonyl (C=O) groups excluding carboxylic acids is 1. The molecule has 2 atom stereocenters. The van der Waals surface area contributed by atoms with Gasteiger partial charge in [0.1, 0.15) is 0 Å². The molecule has 0 aliphatic heterocycles. The molecule has 2 unspecified atom stereocenters. The number of nitrogens with two attached hydrogens (primary N) is 1. The van der Waals surface area contributed by atoms with Crippen LogP contribution in [0.15, 0.2) is 0 Å². The van der Waals surface area contributed by atoms with Crippen LogP contribution in [-0.4, -0.2) is 18.5 Å². The maximum Gasteiger partial charge on any atom is 0.227 e. The maximum atomic E-state index is 12.0. The summed E-state index contributed by atoms with van der Waals surface area (Å²) in [6.07, 6.45) is 3.50. The van der Waals surface area contributed by atoms with Crippen LogP contribution in [-0.2, 0) is 4.79 Å². The molecule has 1 aliphatic rings. The Bertz CT molecular complexity index is 246. The summed E-state index contributed by atoms with van der Waals surface area (Å²) in [7, 11) is 0. The molecule has 1 aliphatic carbocycles. The van der Waals surface area contributed by atoms with E-state index in [1.165, 1.54) is 6.42 Å². The van der Waals surface area contributed by atoms with E-state index in [-0.39, 0.29) is 18.3 Å². The molecular formula is C13H27ClN2O. The standard InChI is InChI=1S/C13H26N2O.ClH/c1-9-5-10(2)7-11(6-9)15-12(16)13(3,4)8-14;/h9-11H,5-8,14H2,1-4H3,(H,15,16);1H. The predicted octanol–water partition coefficient (Wildman–Crippen LogP) is 2.33. The number of hydrogen-bond donors (Lipinski definition) is 2. The fraction of sp³-hybridized carbons (Fsp3) is 0.923. The molecule has 3 nitrogen and oxygen atoms in total. The Balaban J connectivity index is 0.00000256. The Morgan fingerprint density at radius 2 is 1.71 bits per heavy atom. The summed E-state index contributed by atoms with van der Waals surface area (Å²) in [5.41, 5.74) is 5.17. The van der Waals surface area contributed by atoms with Crippen molar-refractivity contribution in [1.29, 1.82) is 0 Å². The van der Waals surface area contributed by atoms with Gasteiger partial charge < -0.3 is 11.1 Å². The lowest BCUT2D eigenvalue weighted by Crippen LogP contribution is -2.48. The summed E-state index contributed by atoms with van der Waals surface area (Å²) < 4.78 is 0. The highest BCUT2D eigenvalue weighted by atomic mass is 35.5. The summed E-state index contributed by atoms with van der Waals surface area (Å²) in [6, 6.07) is 0.345. The van der Waals surface area contributed by atoms with Gasteiger partial charge in [-0.25, -0.2) is 0 Å². The predicted molar refractivity (Wildman–Crippen MR) is 74.2 cm³/mol. The van der Waals surface area contributed by atoms with Crippen LogP contribution >= 0.6 is 12.4 Å². The first-order chi connectivity index (χ1) is 7.35. The van der Waals surface area contributed by atoms with Crippen molar-refractivity contribution in [2.75, 3.05) is 6.54 Å². The van der Waals surface area contributed by atoms with Crippen LogP contribution in [0, 0.1) is 17.3 Å². The monoisotopic (exact) mass is 262 g/mol. The van der Waals surface area contributed by atoms with Crippen molar-refractivity contribution in [1.82, 2.24) is 5.32 Å². The van der Waals surface area contributed by atoms with E-state index in [0.29, 0.717) is 12.6 Å². The van der Waals surface area contributed by atoms with Gasteiger partial charge in [0, 0.05) is 12.6 Å². The van der Waals surface area contributed by atoms with Gasteiger partial charge in [-0.1, -0.05) is 13.8 Å². The molecule has 1 rings (SSSR count). The van der Waals surface area contributed by atoms with E-state index in [4.69, 9.17) is 5.73 Å². The number of halogens is 1. The molecule has 17 heavy (non-hydrogen) atoms. The smallest absolute Gasteiger partial charge is 0.227 e. The quantitative estimate of drug-likeness (QED) is 0.820. The Hall–Kier alpha value is -0.280. The van der Waals surface area contributed by atoms with Gasteiger partial charge in [0.2, 0.25) is 5.91 Å². The summed E-state index contributed by atoms with van der Waals surface area (Å²) in [5.74, 6) is 1.53. The largest absolute Gasteiger partial charge is 0.353 e. The second-order valence-electron chi connectivity index (χ2n) is 6.18. The molecule has 1 fully saturated rings. The first kappa shape index (κ1) is 16.7. The van der Waals surface area contributed by atoms with Gasteiger partial charge in [-0.2, -0.15) is 0 Å². The SMILES string of the molecule is CC1CC(C)CC(NC(=O)C(C)(C)CN)C1.Cl. The van der Waals surface area contributed by atoms with Crippen LogP contribution in [0.2, 0.25) is 0 Å². The van der Waals surface area contributed by atoms with E-state index in [2.05, 4.69) is 19.2 Å². The van der Waals surface area contributed by atoms with Gasteiger partial charge in [0.15, 0.2) is 0 Å². The van der Waals surface area contributed by atoms with Crippen molar-refractivity contribution >= 4 is 18.3 Å². The van der Waals surface area contributed by atoms with Crippen LogP contribution < -0.4 is 11.1 Å². The van der Waals surface area contributed by atoms with Gasteiger partial charge in [-0.05, 0) is 44.9 Å². The fourth-order valence-electron chi connectivity index (χ4n) is 2.54. The van der Waals surface area contributed by atoms with E-state index in [9.17, 15) is 4.79 Å². The van der Waals surface area contributed by atoms with Crippen molar-refractivity contribution < 1.29 is 4.79 Å². The molecule has 0 heterocycles. The molecule has 0 aromatic rings. The first-order valence-corrected chi connectivity index (χ1v) is 6.36. The second-order valence-corrected chi connectivity index (χ2v) is 6.18. The van der Waals surface area contributed by atoms with Crippen molar-refractivity contribution in [2.45, 2.75) is 53.0 Å². The summed E-state index contributed by atoms with van der Waals surface area (Å²) >= 11 is 0. The van der Waals surface area contributed by atoms with Crippen LogP contribution in [0.5, 0.6) is 0 Å². The molecule has 0 saturated heterocycles. The zero-order valence-corrected chi connectivity index (χ0v) is 12.3. The molecule has 4 heteroatoms. The zero-order chi connectivity index (χ0) is 12.3. The van der Waals surface area contributed by atoms with Crippen LogP contribution in [0.1, 0.15) is 47.0 Å². The average Bonchev–Trinajstić information content (AvgIpc) is 2.15. The third kappa shape index (κ3) is 4.84. The third-order valence-corrected chi connectivity index (χ3v) is 3.64. The fourth-order valence-corrected chi connectivity index (χ4v) is 2.54. The Morgan fingerprint density at radius 3 is 2.12 bits per heavy atom. The summed E-state index contributed by atoms with van der Waals surface area (Å²) in [4.78, 5) is 12.0. The van der Waals surface area contributed by atoms with Gasteiger partial charge >= 0.3 is 0 Å². The number of carbonyl (C=O) groups is 1. The molecule has 0 aromatic heterocycles. The molecule has 0 radical (unpaired) electrons. The van der Waals surface area contributed by atoms with E-state index in [0.717, 1.165) is 24.7 Å². The van der Waals surface area contributed by atoms with E-state index < -0.39 is 5.41 Å². The lowest BCUT2D eigenvalue weighted by Gasteiger charge is -2.34. The average molecular weight is 263 g/mol. The summed E-state index contributed by atoms with van der Waals surface area (Å²) in [6.45, 7) is 8.73. The molecule has 0 spiro atoms. The maximum absolute atomic E-state index is 12.0. The topological polar surface area (TPSA) is 55.1 Å². The highest BCUT2D eigenvalue weighted by Crippen LogP contribution is 2.29. The Kier molecular flexibility index (Phi) is 6.49. The normalized spacial score (nSPS) is 29.4. The van der Waals surface area contributed by atoms with Gasteiger partial charge in [0.05, 0.1) is 5.41 Å². The van der Waals surface area contributed by atoms with E-state index >= 15 is 0 Å². The molecule has 0 bridgehead atoms. The minimum Gasteiger partial charge on any atom is -0.353 e. The van der Waals surface area contributed by atoms with Crippen LogP contribution in [0.4, 0.5) is 0 Å². The van der Waals surface area contributed by atoms with Gasteiger partial charge in [-0.15, -0.1) is 12.4 Å². The minimum atomic E-state index is -0.441. The Labute approximate surface area is 111 Å². The van der Waals surface area contributed by atoms with Crippen LogP contribution in [0.3, 0.4) is 0 Å². The molecular weight excluding hydrogens is 236 g/mol. The number of hydrogen-bond acceptors (Lipinski definition) is 2. The molecule has 1 saturated carbocycles. The molecule has 102 valence electrons. The number of amides is 1. The lowest BCUT2D eigenvalue weighted by molar-refractivity contribution is -0.130.